The average molecular weight is 869 g/mol. The summed E-state index contributed by atoms with van der Waals surface area (Å²) in [6.07, 6.45) is -0.0105. The minimum Gasteiger partial charge on any atom is -0.464 e. The van der Waals surface area contributed by atoms with Crippen molar-refractivity contribution in [2.75, 3.05) is 18.4 Å². The minimum absolute atomic E-state index is 0.118. The number of aromatic nitrogens is 6. The number of halogens is 5. The zero-order chi connectivity index (χ0) is 44.1. The fourth-order valence-electron chi connectivity index (χ4n) is 5.91. The van der Waals surface area contributed by atoms with Crippen LogP contribution >= 0.6 is 0 Å². The Morgan fingerprint density at radius 3 is 2.28 bits per heavy atom. The van der Waals surface area contributed by atoms with E-state index >= 15 is 8.78 Å². The van der Waals surface area contributed by atoms with Gasteiger partial charge in [-0.2, -0.15) is 13.2 Å². The molecule has 0 saturated carbocycles. The molecule has 61 heavy (non-hydrogen) atoms. The Hall–Kier alpha value is -6.94. The second-order valence-corrected chi connectivity index (χ2v) is 15.0. The predicted molar refractivity (Wildman–Crippen MR) is 207 cm³/mol. The Labute approximate surface area is 342 Å². The van der Waals surface area contributed by atoms with Gasteiger partial charge in [0.2, 0.25) is 0 Å². The van der Waals surface area contributed by atoms with Crippen molar-refractivity contribution in [1.82, 2.24) is 34.4 Å². The lowest BCUT2D eigenvalue weighted by atomic mass is 10.1. The summed E-state index contributed by atoms with van der Waals surface area (Å²) < 4.78 is 109. The number of rotatable bonds is 15. The molecule has 0 bridgehead atoms. The fourth-order valence-corrected chi connectivity index (χ4v) is 6.97. The number of ether oxygens (including phenoxy) is 2. The number of alkyl halides is 3. The zero-order valence-electron chi connectivity index (χ0n) is 31.9. The molecule has 0 unspecified atom stereocenters. The number of carbonyl (C=O) groups excluding carboxylic acids is 2. The van der Waals surface area contributed by atoms with Crippen LogP contribution in [0.2, 0.25) is 0 Å². The van der Waals surface area contributed by atoms with E-state index in [-0.39, 0.29) is 33.8 Å². The summed E-state index contributed by atoms with van der Waals surface area (Å²) >= 11 is 0. The van der Waals surface area contributed by atoms with Crippen LogP contribution in [0.15, 0.2) is 100 Å². The lowest BCUT2D eigenvalue weighted by molar-refractivity contribution is -0.151. The molecule has 318 valence electrons. The quantitative estimate of drug-likeness (QED) is 0.0838. The highest BCUT2D eigenvalue weighted by Gasteiger charge is 2.29. The lowest BCUT2D eigenvalue weighted by Gasteiger charge is -2.19. The van der Waals surface area contributed by atoms with Gasteiger partial charge in [0.1, 0.15) is 30.1 Å². The molecule has 22 heteroatoms. The number of nitrogens with zero attached hydrogens (tertiary/aromatic N) is 6. The lowest BCUT2D eigenvalue weighted by Crippen LogP contribution is -2.44. The van der Waals surface area contributed by atoms with E-state index in [1.807, 2.05) is 4.72 Å². The first-order valence-electron chi connectivity index (χ1n) is 17.9. The number of anilines is 1. The second-order valence-electron chi connectivity index (χ2n) is 13.3. The van der Waals surface area contributed by atoms with Crippen LogP contribution in [-0.2, 0) is 44.4 Å². The van der Waals surface area contributed by atoms with Gasteiger partial charge in [-0.1, -0.05) is 18.2 Å². The van der Waals surface area contributed by atoms with Crippen LogP contribution in [0.3, 0.4) is 0 Å². The number of esters is 1. The molecule has 0 radical (unpaired) electrons. The molecule has 0 aliphatic rings. The fraction of sp³-hybridized carbons (Fsp3) is 0.231. The van der Waals surface area contributed by atoms with E-state index < -0.39 is 94.1 Å². The topological polar surface area (TPSA) is 206 Å². The largest absolute Gasteiger partial charge is 0.464 e. The molecule has 6 rings (SSSR count). The van der Waals surface area contributed by atoms with Crippen molar-refractivity contribution in [3.05, 3.63) is 135 Å². The number of hydrogen-bond acceptors (Lipinski definition) is 12. The maximum absolute atomic E-state index is 15.4. The number of methoxy groups -OCH3 is 1. The summed E-state index contributed by atoms with van der Waals surface area (Å²) in [5.41, 5.74) is -1.72. The summed E-state index contributed by atoms with van der Waals surface area (Å²) in [5, 5.41) is 2.34. The minimum atomic E-state index is -4.54. The standard InChI is InChI=1S/C39H33F5N8O8S/c1-51-32-20-45-12-10-26(32)36(54)52(38(51)56)34-9-4-22(17-48-34)14-31(37(55)60-13-3-11-39(42,43)44)49-35(53)27-15-29(41)30(16-28(27)40)50-61(57,58)25-7-5-23(6-8-25)24-18-46-33(21-59-2)47-19-24/h4-10,12,15-20,31,50H,3,11,13-14,21H2,1-2H3,(H,49,53)/t31-/m0/s1. The summed E-state index contributed by atoms with van der Waals surface area (Å²) in [4.78, 5) is 68.8. The highest BCUT2D eigenvalue weighted by atomic mass is 32.2. The van der Waals surface area contributed by atoms with Crippen LogP contribution in [0.4, 0.5) is 27.6 Å². The number of benzene rings is 2. The molecule has 4 heterocycles. The second kappa shape index (κ2) is 18.1. The van der Waals surface area contributed by atoms with Gasteiger partial charge in [0.05, 0.1) is 39.9 Å². The van der Waals surface area contributed by atoms with Gasteiger partial charge in [0.25, 0.3) is 21.5 Å². The number of carbonyl (C=O) groups is 2. The summed E-state index contributed by atoms with van der Waals surface area (Å²) in [6.45, 7) is -0.516. The van der Waals surface area contributed by atoms with Crippen molar-refractivity contribution >= 4 is 38.5 Å². The molecule has 0 aliphatic carbocycles. The molecule has 1 amide bonds. The van der Waals surface area contributed by atoms with Crippen LogP contribution in [0, 0.1) is 11.6 Å². The SMILES string of the molecule is COCc1ncc(-c2ccc(S(=O)(=O)Nc3cc(F)c(C(=O)N[C@@H](Cc4ccc(-n5c(=O)c6ccncc6n(C)c5=O)nc4)C(=O)OCCCC(F)(F)F)cc3F)cc2)cn1. The number of hydrogen-bond donors (Lipinski definition) is 2. The number of amides is 1. The summed E-state index contributed by atoms with van der Waals surface area (Å²) in [6, 6.07) is 8.42. The maximum Gasteiger partial charge on any atom is 0.389 e. The van der Waals surface area contributed by atoms with E-state index in [0.29, 0.717) is 29.1 Å². The van der Waals surface area contributed by atoms with E-state index in [0.717, 1.165) is 10.8 Å². The molecule has 16 nitrogen and oxygen atoms in total. The Kier molecular flexibility index (Phi) is 13.0. The predicted octanol–water partition coefficient (Wildman–Crippen LogP) is 4.39. The first-order chi connectivity index (χ1) is 29.0. The van der Waals surface area contributed by atoms with Crippen molar-refractivity contribution in [2.45, 2.75) is 43.0 Å². The molecule has 1 atom stereocenters. The monoisotopic (exact) mass is 868 g/mol. The normalized spacial score (nSPS) is 12.2. The average Bonchev–Trinajstić information content (AvgIpc) is 3.23. The highest BCUT2D eigenvalue weighted by Crippen LogP contribution is 2.26. The Morgan fingerprint density at radius 1 is 0.902 bits per heavy atom. The Balaban J connectivity index is 1.20. The van der Waals surface area contributed by atoms with E-state index in [9.17, 15) is 40.8 Å². The van der Waals surface area contributed by atoms with Crippen LogP contribution in [0.25, 0.3) is 27.8 Å². The van der Waals surface area contributed by atoms with Crippen molar-refractivity contribution < 1.29 is 49.4 Å². The van der Waals surface area contributed by atoms with E-state index in [2.05, 4.69) is 25.3 Å². The number of aryl methyl sites for hydroxylation is 1. The van der Waals surface area contributed by atoms with Crippen molar-refractivity contribution in [3.8, 4) is 16.9 Å². The molecule has 0 aliphatic heterocycles. The molecule has 0 saturated heterocycles. The van der Waals surface area contributed by atoms with Crippen molar-refractivity contribution in [1.29, 1.82) is 0 Å². The van der Waals surface area contributed by atoms with Gasteiger partial charge in [-0.05, 0) is 47.9 Å². The third-order valence-electron chi connectivity index (χ3n) is 9.01. The van der Waals surface area contributed by atoms with Gasteiger partial charge in [-0.3, -0.25) is 23.9 Å². The first kappa shape index (κ1) is 43.6. The van der Waals surface area contributed by atoms with Gasteiger partial charge in [0.15, 0.2) is 5.82 Å². The highest BCUT2D eigenvalue weighted by molar-refractivity contribution is 7.92. The molecule has 4 aromatic heterocycles. The molecule has 2 N–H and O–H groups in total. The Morgan fingerprint density at radius 2 is 1.62 bits per heavy atom. The van der Waals surface area contributed by atoms with Gasteiger partial charge in [-0.15, -0.1) is 0 Å². The van der Waals surface area contributed by atoms with Crippen LogP contribution in [0.5, 0.6) is 0 Å². The maximum atomic E-state index is 15.4. The van der Waals surface area contributed by atoms with Gasteiger partial charge in [0, 0.05) is 63.4 Å². The van der Waals surface area contributed by atoms with Crippen LogP contribution in [-0.4, -0.2) is 75.3 Å². The van der Waals surface area contributed by atoms with Gasteiger partial charge < -0.3 is 14.8 Å². The third-order valence-corrected chi connectivity index (χ3v) is 10.4. The number of sulfonamides is 1. The third kappa shape index (κ3) is 10.3. The molecule has 2 aromatic carbocycles. The van der Waals surface area contributed by atoms with Crippen molar-refractivity contribution in [2.24, 2.45) is 7.05 Å². The first-order valence-corrected chi connectivity index (χ1v) is 19.4. The molecular weight excluding hydrogens is 836 g/mol. The van der Waals surface area contributed by atoms with Crippen molar-refractivity contribution in [3.63, 3.8) is 0 Å². The Bertz CT molecular complexity index is 2820. The van der Waals surface area contributed by atoms with E-state index in [4.69, 9.17) is 9.47 Å². The summed E-state index contributed by atoms with van der Waals surface area (Å²) in [7, 11) is -1.60. The van der Waals surface area contributed by atoms with E-state index in [1.165, 1.54) is 86.0 Å². The molecule has 0 fully saturated rings. The van der Waals surface area contributed by atoms with E-state index in [1.54, 1.807) is 0 Å². The smallest absolute Gasteiger partial charge is 0.389 e. The number of fused-ring (bicyclic) bond motifs is 1. The summed E-state index contributed by atoms with van der Waals surface area (Å²) in [5.74, 6) is -5.08. The zero-order valence-corrected chi connectivity index (χ0v) is 32.8. The number of pyridine rings is 2. The van der Waals surface area contributed by atoms with Gasteiger partial charge in [-0.25, -0.2) is 46.3 Å². The molecule has 6 aromatic rings. The van der Waals surface area contributed by atoms with Crippen LogP contribution in [0.1, 0.15) is 34.6 Å². The number of nitrogens with one attached hydrogen (secondary N) is 2. The molecular formula is C39H33F5N8O8S. The van der Waals surface area contributed by atoms with Crippen LogP contribution < -0.4 is 21.3 Å². The van der Waals surface area contributed by atoms with Gasteiger partial charge >= 0.3 is 17.8 Å². The molecule has 0 spiro atoms.